The molecule has 4 nitrogen and oxygen atoms in total. The fourth-order valence-corrected chi connectivity index (χ4v) is 2.26. The van der Waals surface area contributed by atoms with Crippen molar-refractivity contribution in [2.45, 2.75) is 6.54 Å². The Morgan fingerprint density at radius 1 is 1.19 bits per heavy atom. The van der Waals surface area contributed by atoms with E-state index in [0.29, 0.717) is 15.7 Å². The van der Waals surface area contributed by atoms with Crippen LogP contribution in [0.2, 0.25) is 0 Å². The van der Waals surface area contributed by atoms with E-state index in [4.69, 9.17) is 0 Å². The monoisotopic (exact) mass is 351 g/mol. The second-order valence-corrected chi connectivity index (χ2v) is 5.24. The minimum Gasteiger partial charge on any atom is -0.309 e. The van der Waals surface area contributed by atoms with Crippen LogP contribution in [0.3, 0.4) is 0 Å². The van der Waals surface area contributed by atoms with Gasteiger partial charge in [-0.3, -0.25) is 9.78 Å². The summed E-state index contributed by atoms with van der Waals surface area (Å²) in [6, 6.07) is 5.18. The highest BCUT2D eigenvalue weighted by Crippen LogP contribution is 2.12. The molecular weight excluding hydrogens is 344 g/mol. The maximum absolute atomic E-state index is 13.2. The average molecular weight is 352 g/mol. The maximum atomic E-state index is 13.2. The van der Waals surface area contributed by atoms with Gasteiger partial charge in [0.2, 0.25) is 0 Å². The highest BCUT2D eigenvalue weighted by atomic mass is 79.9. The number of rotatable bonds is 2. The third-order valence-corrected chi connectivity index (χ3v) is 3.37. The predicted octanol–water partition coefficient (Wildman–Crippen LogP) is 2.88. The number of fused-ring (bicyclic) bond motifs is 1. The molecule has 21 heavy (non-hydrogen) atoms. The number of hydrogen-bond acceptors (Lipinski definition) is 3. The van der Waals surface area contributed by atoms with Crippen molar-refractivity contribution >= 4 is 27.0 Å². The lowest BCUT2D eigenvalue weighted by Crippen LogP contribution is -2.21. The Morgan fingerprint density at radius 3 is 2.76 bits per heavy atom. The van der Waals surface area contributed by atoms with Gasteiger partial charge in [0.25, 0.3) is 5.56 Å². The number of nitrogens with zero attached hydrogens (tertiary/aromatic N) is 3. The highest BCUT2D eigenvalue weighted by molar-refractivity contribution is 9.10. The Balaban J connectivity index is 2.06. The van der Waals surface area contributed by atoms with Gasteiger partial charge in [0, 0.05) is 6.20 Å². The number of benzene rings is 1. The van der Waals surface area contributed by atoms with Crippen molar-refractivity contribution in [3.8, 4) is 0 Å². The molecule has 2 heterocycles. The van der Waals surface area contributed by atoms with Crippen LogP contribution in [0.4, 0.5) is 8.78 Å². The maximum Gasteiger partial charge on any atom is 0.279 e. The van der Waals surface area contributed by atoms with E-state index in [-0.39, 0.29) is 17.6 Å². The Morgan fingerprint density at radius 2 is 2.00 bits per heavy atom. The topological polar surface area (TPSA) is 47.8 Å². The van der Waals surface area contributed by atoms with Gasteiger partial charge in [0.15, 0.2) is 17.2 Å². The number of pyridine rings is 1. The summed E-state index contributed by atoms with van der Waals surface area (Å²) in [7, 11) is 0. The molecule has 0 amide bonds. The molecule has 0 N–H and O–H groups in total. The Bertz CT molecular complexity index is 895. The third-order valence-electron chi connectivity index (χ3n) is 2.98. The van der Waals surface area contributed by atoms with E-state index in [1.165, 1.54) is 16.8 Å². The van der Waals surface area contributed by atoms with E-state index in [0.717, 1.165) is 12.1 Å². The molecule has 106 valence electrons. The molecule has 0 fully saturated rings. The van der Waals surface area contributed by atoms with Crippen LogP contribution in [0.5, 0.6) is 0 Å². The van der Waals surface area contributed by atoms with E-state index >= 15 is 0 Å². The molecule has 0 aliphatic heterocycles. The zero-order valence-electron chi connectivity index (χ0n) is 10.6. The molecule has 0 saturated heterocycles. The van der Waals surface area contributed by atoms with Gasteiger partial charge in [-0.1, -0.05) is 6.07 Å². The summed E-state index contributed by atoms with van der Waals surface area (Å²) >= 11 is 3.16. The first-order valence-corrected chi connectivity index (χ1v) is 6.79. The SMILES string of the molecule is O=c1c2nc(Br)cnc2ccn1Cc1ccc(F)c(F)c1. The van der Waals surface area contributed by atoms with Gasteiger partial charge in [-0.2, -0.15) is 0 Å². The van der Waals surface area contributed by atoms with E-state index in [9.17, 15) is 13.6 Å². The standard InChI is InChI=1S/C14H8BrF2N3O/c15-12-6-18-11-3-4-20(14(21)13(11)19-12)7-8-1-2-9(16)10(17)5-8/h1-6H,7H2. The van der Waals surface area contributed by atoms with E-state index in [2.05, 4.69) is 25.9 Å². The zero-order chi connectivity index (χ0) is 15.0. The van der Waals surface area contributed by atoms with Gasteiger partial charge < -0.3 is 4.57 Å². The lowest BCUT2D eigenvalue weighted by atomic mass is 10.2. The van der Waals surface area contributed by atoms with Gasteiger partial charge in [-0.15, -0.1) is 0 Å². The van der Waals surface area contributed by atoms with Gasteiger partial charge in [0.1, 0.15) is 4.60 Å². The fraction of sp³-hybridized carbons (Fsp3) is 0.0714. The van der Waals surface area contributed by atoms with Crippen LogP contribution in [0.15, 0.2) is 46.1 Å². The van der Waals surface area contributed by atoms with E-state index < -0.39 is 11.6 Å². The van der Waals surface area contributed by atoms with Crippen LogP contribution in [-0.2, 0) is 6.54 Å². The second-order valence-electron chi connectivity index (χ2n) is 4.42. The largest absolute Gasteiger partial charge is 0.309 e. The molecule has 7 heteroatoms. The van der Waals surface area contributed by atoms with Crippen molar-refractivity contribution in [3.63, 3.8) is 0 Å². The van der Waals surface area contributed by atoms with Crippen molar-refractivity contribution in [3.05, 3.63) is 68.8 Å². The van der Waals surface area contributed by atoms with Crippen molar-refractivity contribution in [2.75, 3.05) is 0 Å². The summed E-state index contributed by atoms with van der Waals surface area (Å²) in [5, 5.41) is 0. The summed E-state index contributed by atoms with van der Waals surface area (Å²) in [5.74, 6) is -1.86. The van der Waals surface area contributed by atoms with E-state index in [1.807, 2.05) is 0 Å². The first kappa shape index (κ1) is 13.8. The number of hydrogen-bond donors (Lipinski definition) is 0. The van der Waals surface area contributed by atoms with Gasteiger partial charge in [0.05, 0.1) is 18.3 Å². The Kier molecular flexibility index (Phi) is 3.50. The first-order chi connectivity index (χ1) is 10.0. The molecular formula is C14H8BrF2N3O. The molecule has 0 aliphatic rings. The second kappa shape index (κ2) is 5.33. The molecule has 0 spiro atoms. The van der Waals surface area contributed by atoms with Gasteiger partial charge in [-0.25, -0.2) is 13.8 Å². The van der Waals surface area contributed by atoms with Crippen LogP contribution < -0.4 is 5.56 Å². The lowest BCUT2D eigenvalue weighted by molar-refractivity contribution is 0.506. The molecule has 0 radical (unpaired) electrons. The fourth-order valence-electron chi connectivity index (χ4n) is 1.98. The lowest BCUT2D eigenvalue weighted by Gasteiger charge is -2.07. The van der Waals surface area contributed by atoms with Crippen molar-refractivity contribution in [1.82, 2.24) is 14.5 Å². The van der Waals surface area contributed by atoms with Gasteiger partial charge in [-0.05, 0) is 39.7 Å². The molecule has 0 atom stereocenters. The molecule has 3 rings (SSSR count). The molecule has 0 saturated carbocycles. The smallest absolute Gasteiger partial charge is 0.279 e. The molecule has 0 unspecified atom stereocenters. The normalized spacial score (nSPS) is 11.0. The summed E-state index contributed by atoms with van der Waals surface area (Å²) in [6.45, 7) is 0.125. The van der Waals surface area contributed by atoms with Crippen molar-refractivity contribution in [2.24, 2.45) is 0 Å². The Labute approximate surface area is 126 Å². The number of halogens is 3. The third kappa shape index (κ3) is 2.69. The average Bonchev–Trinajstić information content (AvgIpc) is 2.46. The van der Waals surface area contributed by atoms with E-state index in [1.54, 1.807) is 12.3 Å². The summed E-state index contributed by atoms with van der Waals surface area (Å²) in [6.07, 6.45) is 3.05. The molecule has 1 aromatic carbocycles. The summed E-state index contributed by atoms with van der Waals surface area (Å²) < 4.78 is 27.9. The van der Waals surface area contributed by atoms with Crippen LogP contribution in [-0.4, -0.2) is 14.5 Å². The number of aromatic nitrogens is 3. The minimum absolute atomic E-state index is 0.125. The zero-order valence-corrected chi connectivity index (χ0v) is 12.1. The van der Waals surface area contributed by atoms with Crippen LogP contribution in [0.1, 0.15) is 5.56 Å². The summed E-state index contributed by atoms with van der Waals surface area (Å²) in [4.78, 5) is 20.5. The van der Waals surface area contributed by atoms with Crippen LogP contribution >= 0.6 is 15.9 Å². The molecule has 0 bridgehead atoms. The quantitative estimate of drug-likeness (QED) is 0.713. The Hall–Kier alpha value is -2.15. The van der Waals surface area contributed by atoms with Crippen LogP contribution in [0, 0.1) is 11.6 Å². The van der Waals surface area contributed by atoms with Crippen molar-refractivity contribution in [1.29, 1.82) is 0 Å². The highest BCUT2D eigenvalue weighted by Gasteiger charge is 2.08. The molecule has 3 aromatic rings. The predicted molar refractivity (Wildman–Crippen MR) is 77.0 cm³/mol. The van der Waals surface area contributed by atoms with Crippen LogP contribution in [0.25, 0.3) is 11.0 Å². The molecule has 2 aromatic heterocycles. The summed E-state index contributed by atoms with van der Waals surface area (Å²) in [5.41, 5.74) is 0.837. The first-order valence-electron chi connectivity index (χ1n) is 6.00. The van der Waals surface area contributed by atoms with Gasteiger partial charge >= 0.3 is 0 Å². The minimum atomic E-state index is -0.941. The van der Waals surface area contributed by atoms with Crippen molar-refractivity contribution < 1.29 is 8.78 Å². The molecule has 0 aliphatic carbocycles.